The molecule has 1 aromatic carbocycles. The predicted octanol–water partition coefficient (Wildman–Crippen LogP) is 4.65. The van der Waals surface area contributed by atoms with Gasteiger partial charge in [0.1, 0.15) is 5.82 Å². The number of aliphatic hydroxyl groups excluding tert-OH is 1. The monoisotopic (exact) mass is 432 g/mol. The van der Waals surface area contributed by atoms with Crippen LogP contribution < -0.4 is 0 Å². The number of hydrogen-bond donors (Lipinski definition) is 2. The van der Waals surface area contributed by atoms with Gasteiger partial charge in [-0.3, -0.25) is 9.78 Å². The number of halogens is 2. The van der Waals surface area contributed by atoms with Crippen LogP contribution in [0.15, 0.2) is 64.7 Å². The number of pyridine rings is 1. The number of Topliss-reactive ketones (excluding diaryl/α,β-unsaturated/α-hetero) is 1. The fourth-order valence-corrected chi connectivity index (χ4v) is 3.99. The number of rotatable bonds is 6. The quantitative estimate of drug-likeness (QED) is 0.439. The van der Waals surface area contributed by atoms with Crippen molar-refractivity contribution < 1.29 is 14.3 Å². The summed E-state index contributed by atoms with van der Waals surface area (Å²) in [6, 6.07) is 12.4. The topological polar surface area (TPSA) is 74.0 Å². The second-order valence-corrected chi connectivity index (χ2v) is 8.03. The van der Waals surface area contributed by atoms with Crippen LogP contribution in [0.1, 0.15) is 26.9 Å². The second-order valence-electron chi connectivity index (χ2n) is 5.57. The molecule has 4 nitrogen and oxygen atoms in total. The molecule has 0 aliphatic carbocycles. The summed E-state index contributed by atoms with van der Waals surface area (Å²) in [7, 11) is 0. The average molecular weight is 433 g/mol. The van der Waals surface area contributed by atoms with E-state index in [9.17, 15) is 14.3 Å². The molecule has 0 fully saturated rings. The molecule has 0 amide bonds. The molecular weight excluding hydrogens is 419 g/mol. The van der Waals surface area contributed by atoms with Crippen molar-refractivity contribution in [2.45, 2.75) is 6.10 Å². The van der Waals surface area contributed by atoms with Gasteiger partial charge in [0.25, 0.3) is 0 Å². The second kappa shape index (κ2) is 7.99. The van der Waals surface area contributed by atoms with Gasteiger partial charge in [-0.1, -0.05) is 24.3 Å². The van der Waals surface area contributed by atoms with E-state index in [4.69, 9.17) is 5.41 Å². The van der Waals surface area contributed by atoms with Crippen LogP contribution in [0.5, 0.6) is 0 Å². The van der Waals surface area contributed by atoms with E-state index in [2.05, 4.69) is 20.9 Å². The summed E-state index contributed by atoms with van der Waals surface area (Å²) in [5.41, 5.74) is 0.112. The first-order valence-electron chi connectivity index (χ1n) is 7.70. The molecule has 0 bridgehead atoms. The smallest absolute Gasteiger partial charge is 0.184 e. The summed E-state index contributed by atoms with van der Waals surface area (Å²) in [4.78, 5) is 17.4. The van der Waals surface area contributed by atoms with Gasteiger partial charge < -0.3 is 10.5 Å². The molecule has 2 N–H and O–H groups in total. The summed E-state index contributed by atoms with van der Waals surface area (Å²) in [5, 5.41) is 19.3. The summed E-state index contributed by atoms with van der Waals surface area (Å²) < 4.78 is 14.9. The highest BCUT2D eigenvalue weighted by Crippen LogP contribution is 2.32. The van der Waals surface area contributed by atoms with Gasteiger partial charge in [0.2, 0.25) is 0 Å². The van der Waals surface area contributed by atoms with Gasteiger partial charge in [-0.25, -0.2) is 4.39 Å². The van der Waals surface area contributed by atoms with Crippen molar-refractivity contribution in [3.63, 3.8) is 0 Å². The zero-order valence-electron chi connectivity index (χ0n) is 13.4. The molecular formula is C19H14BrFN2O2S. The molecule has 0 aliphatic heterocycles. The van der Waals surface area contributed by atoms with Crippen molar-refractivity contribution in [2.24, 2.45) is 5.92 Å². The molecule has 0 aliphatic rings. The van der Waals surface area contributed by atoms with Crippen molar-refractivity contribution in [3.05, 3.63) is 86.5 Å². The van der Waals surface area contributed by atoms with Crippen molar-refractivity contribution in [2.75, 3.05) is 0 Å². The van der Waals surface area contributed by atoms with E-state index in [0.29, 0.717) is 10.4 Å². The Morgan fingerprint density at radius 1 is 1.19 bits per heavy atom. The normalized spacial score (nSPS) is 13.2. The molecule has 3 rings (SSSR count). The summed E-state index contributed by atoms with van der Waals surface area (Å²) in [6.07, 6.45) is 1.67. The van der Waals surface area contributed by atoms with Crippen LogP contribution in [-0.2, 0) is 0 Å². The van der Waals surface area contributed by atoms with E-state index < -0.39 is 23.6 Å². The molecule has 2 atom stereocenters. The standard InChI is InChI=1S/C19H14BrFN2O2S/c20-15-8-7-14(26-15)19(25)16(18(24)11-4-3-9-23-10-11)17(22)12-5-1-2-6-13(12)21/h1-10,16,18,22,24H. The van der Waals surface area contributed by atoms with Gasteiger partial charge in [0.05, 0.1) is 26.4 Å². The van der Waals surface area contributed by atoms with Gasteiger partial charge in [-0.2, -0.15) is 0 Å². The molecule has 132 valence electrons. The van der Waals surface area contributed by atoms with Crippen LogP contribution in [0.3, 0.4) is 0 Å². The highest BCUT2D eigenvalue weighted by Gasteiger charge is 2.35. The first-order chi connectivity index (χ1) is 12.5. The zero-order valence-corrected chi connectivity index (χ0v) is 15.8. The Kier molecular flexibility index (Phi) is 5.70. The van der Waals surface area contributed by atoms with Crippen LogP contribution in [-0.4, -0.2) is 21.6 Å². The maximum absolute atomic E-state index is 14.2. The van der Waals surface area contributed by atoms with Gasteiger partial charge in [0.15, 0.2) is 5.78 Å². The minimum absolute atomic E-state index is 0.00980. The summed E-state index contributed by atoms with van der Waals surface area (Å²) in [6.45, 7) is 0. The minimum atomic E-state index is -1.32. The highest BCUT2D eigenvalue weighted by atomic mass is 79.9. The Labute approximate surface area is 162 Å². The van der Waals surface area contributed by atoms with E-state index in [1.807, 2.05) is 0 Å². The number of carbonyl (C=O) groups excluding carboxylic acids is 1. The molecule has 0 saturated heterocycles. The number of benzene rings is 1. The number of ketones is 1. The number of aliphatic hydroxyl groups is 1. The average Bonchev–Trinajstić information content (AvgIpc) is 3.09. The fourth-order valence-electron chi connectivity index (χ4n) is 2.62. The maximum atomic E-state index is 14.2. The number of nitrogens with one attached hydrogen (secondary N) is 1. The molecule has 26 heavy (non-hydrogen) atoms. The lowest BCUT2D eigenvalue weighted by Crippen LogP contribution is -2.31. The van der Waals surface area contributed by atoms with Crippen LogP contribution in [0.25, 0.3) is 0 Å². The lowest BCUT2D eigenvalue weighted by Gasteiger charge is -2.23. The molecule has 2 unspecified atom stereocenters. The first-order valence-corrected chi connectivity index (χ1v) is 9.31. The predicted molar refractivity (Wildman–Crippen MR) is 102 cm³/mol. The van der Waals surface area contributed by atoms with Crippen molar-refractivity contribution in [3.8, 4) is 0 Å². The Balaban J connectivity index is 2.05. The molecule has 0 saturated carbocycles. The van der Waals surface area contributed by atoms with Crippen molar-refractivity contribution in [1.29, 1.82) is 5.41 Å². The number of aromatic nitrogens is 1. The van der Waals surface area contributed by atoms with E-state index in [-0.39, 0.29) is 11.3 Å². The lowest BCUT2D eigenvalue weighted by molar-refractivity contribution is 0.0797. The van der Waals surface area contributed by atoms with Crippen LogP contribution in [0.4, 0.5) is 4.39 Å². The van der Waals surface area contributed by atoms with E-state index in [0.717, 1.165) is 3.79 Å². The Bertz CT molecular complexity index is 945. The number of hydrogen-bond acceptors (Lipinski definition) is 5. The third-order valence-corrected chi connectivity index (χ3v) is 5.55. The number of nitrogens with zero attached hydrogens (tertiary/aromatic N) is 1. The first kappa shape index (κ1) is 18.6. The lowest BCUT2D eigenvalue weighted by atomic mass is 9.84. The van der Waals surface area contributed by atoms with Crippen LogP contribution >= 0.6 is 27.3 Å². The SMILES string of the molecule is N=C(c1ccccc1F)C(C(=O)c1ccc(Br)s1)C(O)c1cccnc1. The van der Waals surface area contributed by atoms with Crippen molar-refractivity contribution >= 4 is 38.8 Å². The molecule has 2 heterocycles. The Morgan fingerprint density at radius 3 is 2.58 bits per heavy atom. The number of thiophene rings is 1. The highest BCUT2D eigenvalue weighted by molar-refractivity contribution is 9.11. The van der Waals surface area contributed by atoms with E-state index in [1.54, 1.807) is 36.5 Å². The molecule has 2 aromatic heterocycles. The largest absolute Gasteiger partial charge is 0.387 e. The Hall–Kier alpha value is -2.22. The summed E-state index contributed by atoms with van der Waals surface area (Å²) in [5.74, 6) is -2.30. The fraction of sp³-hybridized carbons (Fsp3) is 0.105. The van der Waals surface area contributed by atoms with Gasteiger partial charge in [-0.05, 0) is 45.8 Å². The zero-order chi connectivity index (χ0) is 18.7. The van der Waals surface area contributed by atoms with Crippen LogP contribution in [0, 0.1) is 17.1 Å². The van der Waals surface area contributed by atoms with Gasteiger partial charge in [-0.15, -0.1) is 11.3 Å². The van der Waals surface area contributed by atoms with Gasteiger partial charge >= 0.3 is 0 Å². The molecule has 0 radical (unpaired) electrons. The number of carbonyl (C=O) groups is 1. The van der Waals surface area contributed by atoms with E-state index in [1.165, 1.54) is 35.7 Å². The van der Waals surface area contributed by atoms with E-state index >= 15 is 0 Å². The minimum Gasteiger partial charge on any atom is -0.387 e. The third kappa shape index (κ3) is 3.80. The molecule has 7 heteroatoms. The molecule has 3 aromatic rings. The van der Waals surface area contributed by atoms with Gasteiger partial charge in [0, 0.05) is 18.0 Å². The summed E-state index contributed by atoms with van der Waals surface area (Å²) >= 11 is 4.51. The third-order valence-electron chi connectivity index (χ3n) is 3.92. The van der Waals surface area contributed by atoms with Crippen molar-refractivity contribution in [1.82, 2.24) is 4.98 Å². The Morgan fingerprint density at radius 2 is 1.96 bits per heavy atom. The molecule has 0 spiro atoms. The maximum Gasteiger partial charge on any atom is 0.184 e. The van der Waals surface area contributed by atoms with Crippen LogP contribution in [0.2, 0.25) is 0 Å².